The topological polar surface area (TPSA) is 117 Å². The number of halogens is 2. The fraction of sp³-hybridized carbons (Fsp3) is 0.429. The van der Waals surface area contributed by atoms with Crippen molar-refractivity contribution >= 4 is 44.8 Å². The molecule has 2 N–H and O–H groups in total. The van der Waals surface area contributed by atoms with Gasteiger partial charge in [-0.2, -0.15) is 8.42 Å². The van der Waals surface area contributed by atoms with Gasteiger partial charge in [-0.25, -0.2) is 4.98 Å². The van der Waals surface area contributed by atoms with Crippen LogP contribution in [0, 0.1) is 5.92 Å². The fourth-order valence-corrected chi connectivity index (χ4v) is 6.12. The number of carbonyl (C=O) groups is 1. The molecule has 1 aliphatic heterocycles. The van der Waals surface area contributed by atoms with Crippen molar-refractivity contribution in [3.63, 3.8) is 0 Å². The third-order valence-electron chi connectivity index (χ3n) is 7.05. The Labute approximate surface area is 250 Å². The van der Waals surface area contributed by atoms with Gasteiger partial charge in [0, 0.05) is 50.0 Å². The molecule has 1 aliphatic rings. The zero-order chi connectivity index (χ0) is 29.9. The average Bonchev–Trinajstić information content (AvgIpc) is 3.37. The van der Waals surface area contributed by atoms with Crippen molar-refractivity contribution in [1.82, 2.24) is 19.4 Å². The van der Waals surface area contributed by atoms with Crippen LogP contribution in [0.1, 0.15) is 25.0 Å². The normalized spacial score (nSPS) is 18.7. The minimum absolute atomic E-state index is 0.0165. The summed E-state index contributed by atoms with van der Waals surface area (Å²) in [5, 5.41) is 10.7. The number of hydrogen-bond donors (Lipinski definition) is 2. The number of aromatic nitrogens is 2. The average molecular weight is 625 g/mol. The zero-order valence-electron chi connectivity index (χ0n) is 23.4. The molecule has 3 aromatic rings. The van der Waals surface area contributed by atoms with E-state index in [9.17, 15) is 18.3 Å². The number of fused-ring (bicyclic) bond motifs is 1. The van der Waals surface area contributed by atoms with E-state index >= 15 is 0 Å². The standard InChI is InChI=1S/C28H35Cl2N5O5S/c1-18-12-35(19(2)16-36)28(37)11-21-10-22(32-41(38,39)27-15-34(4)17-31-27)6-8-25(21)40-26(18)14-33(3)13-20-5-7-23(29)24(30)9-20/h5-10,15,17-19,26,32,36H,11-14,16H2,1-4H3/t18-,19+,26-/m0/s1. The number of carbonyl (C=O) groups excluding carboxylic acids is 1. The first kappa shape index (κ1) is 31.1. The first-order chi connectivity index (χ1) is 19.4. The number of amides is 1. The van der Waals surface area contributed by atoms with Gasteiger partial charge in [-0.05, 0) is 49.9 Å². The van der Waals surface area contributed by atoms with Gasteiger partial charge in [0.25, 0.3) is 10.0 Å². The maximum absolute atomic E-state index is 13.5. The van der Waals surface area contributed by atoms with Gasteiger partial charge < -0.3 is 19.3 Å². The summed E-state index contributed by atoms with van der Waals surface area (Å²) in [6.45, 7) is 5.15. The van der Waals surface area contributed by atoms with Gasteiger partial charge in [0.05, 0.1) is 35.4 Å². The smallest absolute Gasteiger partial charge is 0.280 e. The highest BCUT2D eigenvalue weighted by Crippen LogP contribution is 2.30. The lowest BCUT2D eigenvalue weighted by molar-refractivity contribution is -0.134. The van der Waals surface area contributed by atoms with Gasteiger partial charge in [0.1, 0.15) is 11.9 Å². The third-order valence-corrected chi connectivity index (χ3v) is 9.06. The largest absolute Gasteiger partial charge is 0.488 e. The number of aryl methyl sites for hydroxylation is 1. The van der Waals surface area contributed by atoms with Crippen molar-refractivity contribution in [2.75, 3.05) is 31.5 Å². The number of benzene rings is 2. The molecule has 222 valence electrons. The van der Waals surface area contributed by atoms with E-state index in [4.69, 9.17) is 27.9 Å². The van der Waals surface area contributed by atoms with Crippen molar-refractivity contribution < 1.29 is 23.1 Å². The van der Waals surface area contributed by atoms with Crippen LogP contribution in [0.3, 0.4) is 0 Å². The summed E-state index contributed by atoms with van der Waals surface area (Å²) in [4.78, 5) is 21.2. The molecule has 0 fully saturated rings. The van der Waals surface area contributed by atoms with Gasteiger partial charge in [0.2, 0.25) is 5.91 Å². The Morgan fingerprint density at radius 2 is 1.98 bits per heavy atom. The first-order valence-electron chi connectivity index (χ1n) is 13.2. The van der Waals surface area contributed by atoms with Gasteiger partial charge in [0.15, 0.2) is 5.03 Å². The van der Waals surface area contributed by atoms with E-state index in [1.54, 1.807) is 47.7 Å². The SMILES string of the molecule is C[C@H](CO)N1C[C@H](C)[C@H](CN(C)Cc2ccc(Cl)c(Cl)c2)Oc2ccc(NS(=O)(=O)c3cn(C)cn3)cc2CC1=O. The monoisotopic (exact) mass is 623 g/mol. The van der Waals surface area contributed by atoms with Crippen LogP contribution in [0.2, 0.25) is 10.0 Å². The minimum Gasteiger partial charge on any atom is -0.488 e. The number of ether oxygens (including phenoxy) is 1. The molecular weight excluding hydrogens is 589 g/mol. The van der Waals surface area contributed by atoms with E-state index in [2.05, 4.69) is 14.6 Å². The number of sulfonamides is 1. The second kappa shape index (κ2) is 13.0. The lowest BCUT2D eigenvalue weighted by Crippen LogP contribution is -2.47. The Hall–Kier alpha value is -2.83. The summed E-state index contributed by atoms with van der Waals surface area (Å²) in [5.41, 5.74) is 1.82. The van der Waals surface area contributed by atoms with Crippen LogP contribution in [0.5, 0.6) is 5.75 Å². The molecule has 0 spiro atoms. The molecule has 1 aromatic heterocycles. The maximum atomic E-state index is 13.5. The van der Waals surface area contributed by atoms with E-state index in [0.717, 1.165) is 5.56 Å². The number of aliphatic hydroxyl groups is 1. The summed E-state index contributed by atoms with van der Waals surface area (Å²) < 4.78 is 36.4. The lowest BCUT2D eigenvalue weighted by Gasteiger charge is -2.34. The van der Waals surface area contributed by atoms with Crippen LogP contribution in [0.4, 0.5) is 5.69 Å². The molecule has 4 rings (SSSR count). The number of anilines is 1. The van der Waals surface area contributed by atoms with Crippen LogP contribution in [0.15, 0.2) is 53.9 Å². The molecule has 0 bridgehead atoms. The summed E-state index contributed by atoms with van der Waals surface area (Å²) in [6.07, 6.45) is 2.47. The lowest BCUT2D eigenvalue weighted by atomic mass is 10.0. The highest BCUT2D eigenvalue weighted by Gasteiger charge is 2.31. The van der Waals surface area contributed by atoms with E-state index in [0.29, 0.717) is 41.0 Å². The van der Waals surface area contributed by atoms with Crippen LogP contribution >= 0.6 is 23.2 Å². The molecule has 0 radical (unpaired) electrons. The second-order valence-corrected chi connectivity index (χ2v) is 13.1. The van der Waals surface area contributed by atoms with Crippen molar-refractivity contribution in [1.29, 1.82) is 0 Å². The predicted molar refractivity (Wildman–Crippen MR) is 159 cm³/mol. The van der Waals surface area contributed by atoms with E-state index in [-0.39, 0.29) is 41.7 Å². The molecule has 10 nitrogen and oxygen atoms in total. The summed E-state index contributed by atoms with van der Waals surface area (Å²) in [5.74, 6) is 0.229. The predicted octanol–water partition coefficient (Wildman–Crippen LogP) is 3.81. The molecule has 0 unspecified atom stereocenters. The van der Waals surface area contributed by atoms with Crippen LogP contribution in [-0.2, 0) is 34.8 Å². The molecule has 2 heterocycles. The quantitative estimate of drug-likeness (QED) is 0.372. The van der Waals surface area contributed by atoms with Crippen LogP contribution < -0.4 is 9.46 Å². The molecular formula is C28H35Cl2N5O5S. The van der Waals surface area contributed by atoms with E-state index in [1.807, 2.05) is 26.1 Å². The Kier molecular flexibility index (Phi) is 9.86. The Morgan fingerprint density at radius 3 is 2.63 bits per heavy atom. The van der Waals surface area contributed by atoms with Crippen LogP contribution in [-0.4, -0.2) is 77.7 Å². The second-order valence-electron chi connectivity index (χ2n) is 10.6. The maximum Gasteiger partial charge on any atom is 0.280 e. The number of aliphatic hydroxyl groups excluding tert-OH is 1. The zero-order valence-corrected chi connectivity index (χ0v) is 25.7. The number of nitrogens with zero attached hydrogens (tertiary/aromatic N) is 4. The highest BCUT2D eigenvalue weighted by molar-refractivity contribution is 7.92. The molecule has 0 saturated carbocycles. The van der Waals surface area contributed by atoms with Gasteiger partial charge >= 0.3 is 0 Å². The summed E-state index contributed by atoms with van der Waals surface area (Å²) in [6, 6.07) is 10.0. The summed E-state index contributed by atoms with van der Waals surface area (Å²) >= 11 is 12.3. The molecule has 13 heteroatoms. The third kappa shape index (κ3) is 7.72. The number of likely N-dealkylation sites (N-methyl/N-ethyl adjacent to an activating group) is 1. The van der Waals surface area contributed by atoms with Crippen molar-refractivity contribution in [3.05, 3.63) is 70.1 Å². The van der Waals surface area contributed by atoms with E-state index < -0.39 is 16.1 Å². The molecule has 41 heavy (non-hydrogen) atoms. The molecule has 1 amide bonds. The molecule has 3 atom stereocenters. The molecule has 0 saturated heterocycles. The van der Waals surface area contributed by atoms with E-state index in [1.165, 1.54) is 12.5 Å². The highest BCUT2D eigenvalue weighted by atomic mass is 35.5. The fourth-order valence-electron chi connectivity index (χ4n) is 4.77. The number of rotatable bonds is 9. The number of hydrogen-bond acceptors (Lipinski definition) is 7. The Balaban J connectivity index is 1.62. The van der Waals surface area contributed by atoms with Gasteiger partial charge in [-0.15, -0.1) is 0 Å². The first-order valence-corrected chi connectivity index (χ1v) is 15.4. The van der Waals surface area contributed by atoms with Crippen molar-refractivity contribution in [3.8, 4) is 5.75 Å². The van der Waals surface area contributed by atoms with Gasteiger partial charge in [-0.1, -0.05) is 36.2 Å². The van der Waals surface area contributed by atoms with Crippen molar-refractivity contribution in [2.45, 2.75) is 44.0 Å². The minimum atomic E-state index is -3.93. The summed E-state index contributed by atoms with van der Waals surface area (Å²) in [7, 11) is -0.275. The van der Waals surface area contributed by atoms with Crippen molar-refractivity contribution in [2.24, 2.45) is 13.0 Å². The number of nitrogens with one attached hydrogen (secondary N) is 1. The Bertz CT molecular complexity index is 1500. The van der Waals surface area contributed by atoms with Gasteiger partial charge in [-0.3, -0.25) is 14.4 Å². The molecule has 2 aromatic carbocycles. The Morgan fingerprint density at radius 1 is 1.22 bits per heavy atom. The van der Waals surface area contributed by atoms with Crippen LogP contribution in [0.25, 0.3) is 0 Å². The number of imidazole rings is 1. The molecule has 0 aliphatic carbocycles.